The van der Waals surface area contributed by atoms with Crippen molar-refractivity contribution in [2.45, 2.75) is 19.9 Å². The van der Waals surface area contributed by atoms with Crippen molar-refractivity contribution in [1.82, 2.24) is 9.97 Å². The van der Waals surface area contributed by atoms with Crippen molar-refractivity contribution in [3.8, 4) is 0 Å². The number of carbonyl (C=O) groups excluding carboxylic acids is 1. The molecule has 0 saturated carbocycles. The summed E-state index contributed by atoms with van der Waals surface area (Å²) >= 11 is 0. The lowest BCUT2D eigenvalue weighted by Crippen LogP contribution is -2.19. The predicted molar refractivity (Wildman–Crippen MR) is 109 cm³/mol. The van der Waals surface area contributed by atoms with Crippen LogP contribution in [0.25, 0.3) is 0 Å². The number of benzene rings is 2. The van der Waals surface area contributed by atoms with Crippen LogP contribution >= 0.6 is 0 Å². The van der Waals surface area contributed by atoms with E-state index in [0.29, 0.717) is 12.5 Å². The number of ether oxygens (including phenoxy) is 1. The summed E-state index contributed by atoms with van der Waals surface area (Å²) in [4.78, 5) is 23.1. The highest BCUT2D eigenvalue weighted by Gasteiger charge is 2.24. The van der Waals surface area contributed by atoms with Gasteiger partial charge in [-0.2, -0.15) is 4.98 Å². The fourth-order valence-electron chi connectivity index (χ4n) is 3.41. The molecule has 0 spiro atoms. The molecule has 2 heterocycles. The number of nitrogens with one attached hydrogen (secondary N) is 1. The van der Waals surface area contributed by atoms with Gasteiger partial charge in [-0.25, -0.2) is 18.6 Å². The van der Waals surface area contributed by atoms with Crippen LogP contribution in [0.2, 0.25) is 0 Å². The van der Waals surface area contributed by atoms with Crippen LogP contribution in [0.1, 0.15) is 28.4 Å². The minimum Gasteiger partial charge on any atom is -0.462 e. The van der Waals surface area contributed by atoms with Crippen LogP contribution in [0.3, 0.4) is 0 Å². The highest BCUT2D eigenvalue weighted by molar-refractivity contribution is 5.94. The van der Waals surface area contributed by atoms with Gasteiger partial charge in [-0.15, -0.1) is 0 Å². The van der Waals surface area contributed by atoms with Crippen LogP contribution in [0, 0.1) is 11.6 Å². The van der Waals surface area contributed by atoms with Gasteiger partial charge in [-0.05, 0) is 37.1 Å². The van der Waals surface area contributed by atoms with Crippen LogP contribution < -0.4 is 10.2 Å². The molecule has 30 heavy (non-hydrogen) atoms. The molecular weight excluding hydrogens is 390 g/mol. The number of hydrogen-bond acceptors (Lipinski definition) is 6. The zero-order chi connectivity index (χ0) is 21.1. The van der Waals surface area contributed by atoms with Crippen molar-refractivity contribution in [3.05, 3.63) is 77.0 Å². The Kier molecular flexibility index (Phi) is 5.56. The first-order valence-electron chi connectivity index (χ1n) is 9.65. The fourth-order valence-corrected chi connectivity index (χ4v) is 3.41. The van der Waals surface area contributed by atoms with Crippen molar-refractivity contribution in [1.29, 1.82) is 0 Å². The molecule has 0 atom stereocenters. The Hall–Kier alpha value is -3.55. The lowest BCUT2D eigenvalue weighted by Gasteiger charge is -2.19. The van der Waals surface area contributed by atoms with Crippen LogP contribution in [-0.4, -0.2) is 29.1 Å². The molecule has 3 aromatic rings. The minimum atomic E-state index is -0.678. The Bertz CT molecular complexity index is 1070. The number of esters is 1. The highest BCUT2D eigenvalue weighted by atomic mass is 19.1. The topological polar surface area (TPSA) is 67.3 Å². The number of hydrogen-bond donors (Lipinski definition) is 1. The number of halogens is 2. The normalized spacial score (nSPS) is 12.6. The van der Waals surface area contributed by atoms with E-state index in [-0.39, 0.29) is 30.1 Å². The standard InChI is InChI=1S/C22H20F2N4O2/c1-2-30-21(29)16-13-26-22(28-11-10-14-6-3-4-9-19(14)28)27-20(16)25-12-15-17(23)7-5-8-18(15)24/h3-9,13H,2,10-12H2,1H3,(H,25,26,27). The third-order valence-corrected chi connectivity index (χ3v) is 4.89. The van der Waals surface area contributed by atoms with Gasteiger partial charge in [0, 0.05) is 30.5 Å². The van der Waals surface area contributed by atoms with Crippen molar-refractivity contribution in [3.63, 3.8) is 0 Å². The Labute approximate surface area is 172 Å². The van der Waals surface area contributed by atoms with Gasteiger partial charge in [-0.1, -0.05) is 24.3 Å². The highest BCUT2D eigenvalue weighted by Crippen LogP contribution is 2.33. The maximum atomic E-state index is 14.0. The molecule has 0 amide bonds. The first-order chi connectivity index (χ1) is 14.6. The second kappa shape index (κ2) is 8.44. The van der Waals surface area contributed by atoms with E-state index in [9.17, 15) is 13.6 Å². The van der Waals surface area contributed by atoms with Gasteiger partial charge in [0.25, 0.3) is 0 Å². The maximum absolute atomic E-state index is 14.0. The summed E-state index contributed by atoms with van der Waals surface area (Å²) in [6, 6.07) is 11.6. The summed E-state index contributed by atoms with van der Waals surface area (Å²) in [7, 11) is 0. The first-order valence-corrected chi connectivity index (χ1v) is 9.65. The summed E-state index contributed by atoms with van der Waals surface area (Å²) in [5, 5.41) is 2.88. The molecule has 0 aliphatic carbocycles. The molecule has 1 N–H and O–H groups in total. The molecule has 6 nitrogen and oxygen atoms in total. The minimum absolute atomic E-state index is 0.102. The average molecular weight is 410 g/mol. The molecule has 1 aliphatic rings. The number of para-hydroxylation sites is 1. The number of nitrogens with zero attached hydrogens (tertiary/aromatic N) is 3. The molecule has 0 radical (unpaired) electrons. The van der Waals surface area contributed by atoms with Gasteiger partial charge in [0.2, 0.25) is 5.95 Å². The lowest BCUT2D eigenvalue weighted by molar-refractivity contribution is 0.0526. The molecule has 2 aromatic carbocycles. The SMILES string of the molecule is CCOC(=O)c1cnc(N2CCc3ccccc32)nc1NCc1c(F)cccc1F. The Morgan fingerprint density at radius 2 is 1.93 bits per heavy atom. The molecule has 8 heteroatoms. The van der Waals surface area contributed by atoms with Gasteiger partial charge in [0.15, 0.2) is 0 Å². The Morgan fingerprint density at radius 1 is 1.17 bits per heavy atom. The van der Waals surface area contributed by atoms with Crippen molar-refractivity contribution in [2.24, 2.45) is 0 Å². The van der Waals surface area contributed by atoms with Crippen molar-refractivity contribution in [2.75, 3.05) is 23.4 Å². The van der Waals surface area contributed by atoms with E-state index in [2.05, 4.69) is 15.3 Å². The summed E-state index contributed by atoms with van der Waals surface area (Å²) in [5.74, 6) is -1.41. The molecule has 4 rings (SSSR count). The third-order valence-electron chi connectivity index (χ3n) is 4.89. The summed E-state index contributed by atoms with van der Waals surface area (Å²) in [6.07, 6.45) is 2.23. The van der Waals surface area contributed by atoms with Crippen LogP contribution in [0.15, 0.2) is 48.7 Å². The van der Waals surface area contributed by atoms with E-state index >= 15 is 0 Å². The average Bonchev–Trinajstić information content (AvgIpc) is 3.17. The van der Waals surface area contributed by atoms with E-state index in [4.69, 9.17) is 4.74 Å². The number of carbonyl (C=O) groups is 1. The molecule has 0 fully saturated rings. The monoisotopic (exact) mass is 410 g/mol. The lowest BCUT2D eigenvalue weighted by atomic mass is 10.2. The molecule has 1 aliphatic heterocycles. The van der Waals surface area contributed by atoms with E-state index < -0.39 is 17.6 Å². The molecule has 0 bridgehead atoms. The zero-order valence-electron chi connectivity index (χ0n) is 16.4. The summed E-state index contributed by atoms with van der Waals surface area (Å²) in [6.45, 7) is 2.38. The van der Waals surface area contributed by atoms with Gasteiger partial charge in [0.05, 0.1) is 6.61 Å². The molecule has 0 unspecified atom stereocenters. The van der Waals surface area contributed by atoms with E-state index in [1.165, 1.54) is 30.0 Å². The van der Waals surface area contributed by atoms with Crippen molar-refractivity contribution < 1.29 is 18.3 Å². The quantitative estimate of drug-likeness (QED) is 0.613. The van der Waals surface area contributed by atoms with E-state index in [1.807, 2.05) is 29.2 Å². The van der Waals surface area contributed by atoms with Gasteiger partial charge < -0.3 is 15.0 Å². The second-order valence-corrected chi connectivity index (χ2v) is 6.74. The second-order valence-electron chi connectivity index (χ2n) is 6.74. The summed E-state index contributed by atoms with van der Waals surface area (Å²) in [5.41, 5.74) is 2.13. The first kappa shape index (κ1) is 19.8. The van der Waals surface area contributed by atoms with E-state index in [1.54, 1.807) is 6.92 Å². The zero-order valence-corrected chi connectivity index (χ0v) is 16.4. The van der Waals surface area contributed by atoms with Crippen LogP contribution in [0.5, 0.6) is 0 Å². The third kappa shape index (κ3) is 3.80. The molecule has 1 aromatic heterocycles. The molecule has 0 saturated heterocycles. The molecule has 154 valence electrons. The van der Waals surface area contributed by atoms with E-state index in [0.717, 1.165) is 12.1 Å². The van der Waals surface area contributed by atoms with Gasteiger partial charge in [0.1, 0.15) is 23.0 Å². The number of fused-ring (bicyclic) bond motifs is 1. The predicted octanol–water partition coefficient (Wildman–Crippen LogP) is 4.24. The number of rotatable bonds is 6. The molecular formula is C22H20F2N4O2. The Morgan fingerprint density at radius 3 is 2.70 bits per heavy atom. The van der Waals surface area contributed by atoms with Crippen LogP contribution in [-0.2, 0) is 17.7 Å². The number of aromatic nitrogens is 2. The Balaban J connectivity index is 1.67. The largest absolute Gasteiger partial charge is 0.462 e. The summed E-state index contributed by atoms with van der Waals surface area (Å²) < 4.78 is 33.1. The van der Waals surface area contributed by atoms with Gasteiger partial charge >= 0.3 is 5.97 Å². The maximum Gasteiger partial charge on any atom is 0.343 e. The smallest absolute Gasteiger partial charge is 0.343 e. The van der Waals surface area contributed by atoms with Crippen molar-refractivity contribution >= 4 is 23.4 Å². The fraction of sp³-hybridized carbons (Fsp3) is 0.227. The number of anilines is 3. The van der Waals surface area contributed by atoms with Gasteiger partial charge in [-0.3, -0.25) is 0 Å². The van der Waals surface area contributed by atoms with Crippen LogP contribution in [0.4, 0.5) is 26.2 Å².